The van der Waals surface area contributed by atoms with Gasteiger partial charge in [-0.2, -0.15) is 0 Å². The number of hydrogen-bond donors (Lipinski definition) is 3. The molecule has 3 heterocycles. The Labute approximate surface area is 220 Å². The molecule has 1 unspecified atom stereocenters. The molecule has 4 N–H and O–H groups in total. The topological polar surface area (TPSA) is 113 Å². The molecule has 0 fully saturated rings. The molecule has 0 aliphatic carbocycles. The number of aromatic nitrogens is 1. The summed E-state index contributed by atoms with van der Waals surface area (Å²) in [6, 6.07) is 26.1. The third kappa shape index (κ3) is 5.09. The van der Waals surface area contributed by atoms with Crippen molar-refractivity contribution in [1.82, 2.24) is 20.7 Å². The first-order valence-corrected chi connectivity index (χ1v) is 12.3. The van der Waals surface area contributed by atoms with Crippen LogP contribution in [0.2, 0.25) is 0 Å². The van der Waals surface area contributed by atoms with Crippen molar-refractivity contribution in [2.75, 3.05) is 0 Å². The number of fused-ring (bicyclic) bond motifs is 2. The summed E-state index contributed by atoms with van der Waals surface area (Å²) in [4.78, 5) is 8.84. The van der Waals surface area contributed by atoms with Crippen molar-refractivity contribution in [3.05, 3.63) is 120 Å². The summed E-state index contributed by atoms with van der Waals surface area (Å²) >= 11 is 0. The number of nitrogens with one attached hydrogen (secondary N) is 2. The third-order valence-electron chi connectivity index (χ3n) is 6.37. The minimum atomic E-state index is 0.0718. The molecular weight excluding hydrogens is 476 g/mol. The number of ether oxygens (including phenoxy) is 1. The Morgan fingerprint density at radius 3 is 2.63 bits per heavy atom. The molecule has 38 heavy (non-hydrogen) atoms. The normalized spacial score (nSPS) is 16.4. The molecule has 3 aromatic carbocycles. The second-order valence-electron chi connectivity index (χ2n) is 8.96. The van der Waals surface area contributed by atoms with Crippen LogP contribution in [0.1, 0.15) is 11.1 Å². The number of rotatable bonds is 7. The number of aliphatic imine (C=N–C) groups is 1. The SMILES string of the molecule is NN=Nc1nccc2cc(CNC3=NC=CC4NN(Cc5ccc(Oc6ccccc6)cc5)C=C34)ccc12. The van der Waals surface area contributed by atoms with E-state index in [2.05, 4.69) is 66.5 Å². The van der Waals surface area contributed by atoms with Crippen LogP contribution in [0.15, 0.2) is 124 Å². The van der Waals surface area contributed by atoms with Gasteiger partial charge in [0.25, 0.3) is 0 Å². The largest absolute Gasteiger partial charge is 0.457 e. The average Bonchev–Trinajstić information content (AvgIpc) is 3.37. The van der Waals surface area contributed by atoms with E-state index in [0.29, 0.717) is 18.9 Å². The summed E-state index contributed by atoms with van der Waals surface area (Å²) in [5, 5.41) is 14.8. The molecule has 0 saturated carbocycles. The molecule has 9 nitrogen and oxygen atoms in total. The maximum atomic E-state index is 5.91. The van der Waals surface area contributed by atoms with Crippen LogP contribution in [0.3, 0.4) is 0 Å². The lowest BCUT2D eigenvalue weighted by Crippen LogP contribution is -2.38. The molecule has 0 radical (unpaired) electrons. The van der Waals surface area contributed by atoms with Crippen molar-refractivity contribution < 1.29 is 4.74 Å². The minimum Gasteiger partial charge on any atom is -0.457 e. The first kappa shape index (κ1) is 23.4. The molecule has 1 atom stereocenters. The third-order valence-corrected chi connectivity index (χ3v) is 6.37. The zero-order valence-corrected chi connectivity index (χ0v) is 20.5. The summed E-state index contributed by atoms with van der Waals surface area (Å²) in [6.45, 7) is 1.35. The second kappa shape index (κ2) is 10.5. The summed E-state index contributed by atoms with van der Waals surface area (Å²) in [7, 11) is 0. The highest BCUT2D eigenvalue weighted by atomic mass is 16.5. The van der Waals surface area contributed by atoms with Gasteiger partial charge in [-0.05, 0) is 59.0 Å². The van der Waals surface area contributed by atoms with E-state index in [0.717, 1.165) is 39.2 Å². The van der Waals surface area contributed by atoms with Crippen LogP contribution in [0.25, 0.3) is 10.8 Å². The molecule has 0 spiro atoms. The summed E-state index contributed by atoms with van der Waals surface area (Å²) in [6.07, 6.45) is 7.72. The van der Waals surface area contributed by atoms with Crippen LogP contribution < -0.4 is 21.3 Å². The number of benzene rings is 3. The Bertz CT molecular complexity index is 1560. The van der Waals surface area contributed by atoms with Gasteiger partial charge in [0.05, 0.1) is 12.6 Å². The van der Waals surface area contributed by atoms with Crippen LogP contribution in [0.5, 0.6) is 11.5 Å². The molecule has 0 bridgehead atoms. The van der Waals surface area contributed by atoms with Crippen molar-refractivity contribution >= 4 is 22.4 Å². The van der Waals surface area contributed by atoms with E-state index in [-0.39, 0.29) is 6.04 Å². The van der Waals surface area contributed by atoms with Crippen LogP contribution in [-0.2, 0) is 13.1 Å². The van der Waals surface area contributed by atoms with Gasteiger partial charge >= 0.3 is 0 Å². The Morgan fingerprint density at radius 1 is 0.974 bits per heavy atom. The van der Waals surface area contributed by atoms with Crippen molar-refractivity contribution in [1.29, 1.82) is 0 Å². The number of hydrogen-bond acceptors (Lipinski definition) is 8. The Hall–Kier alpha value is -5.02. The molecule has 9 heteroatoms. The van der Waals surface area contributed by atoms with Gasteiger partial charge in [-0.15, -0.1) is 5.11 Å². The lowest BCUT2D eigenvalue weighted by Gasteiger charge is -2.20. The first-order valence-electron chi connectivity index (χ1n) is 12.3. The standard InChI is InChI=1S/C29H26N8O/c30-36-34-29-25-11-8-21(16-22(25)12-14-32-29)17-33-28-26-19-37(35-27(26)13-15-31-28)18-20-6-9-24(10-7-20)38-23-4-2-1-3-5-23/h1-16,19,27,35H,17-18H2,(H,31,33)(H2,30,32,34). The van der Waals surface area contributed by atoms with Gasteiger partial charge in [0.15, 0.2) is 5.82 Å². The molecule has 2 aliphatic heterocycles. The van der Waals surface area contributed by atoms with Gasteiger partial charge in [-0.25, -0.2) is 15.4 Å². The number of amidine groups is 1. The predicted octanol–water partition coefficient (Wildman–Crippen LogP) is 5.27. The maximum Gasteiger partial charge on any atom is 0.184 e. The Kier molecular flexibility index (Phi) is 6.48. The lowest BCUT2D eigenvalue weighted by atomic mass is 10.1. The smallest absolute Gasteiger partial charge is 0.184 e. The van der Waals surface area contributed by atoms with Gasteiger partial charge in [0.2, 0.25) is 0 Å². The van der Waals surface area contributed by atoms with Gasteiger partial charge in [0, 0.05) is 36.1 Å². The predicted molar refractivity (Wildman–Crippen MR) is 147 cm³/mol. The molecule has 6 rings (SSSR count). The van der Waals surface area contributed by atoms with E-state index in [4.69, 9.17) is 10.6 Å². The van der Waals surface area contributed by atoms with E-state index in [1.807, 2.05) is 66.9 Å². The molecule has 2 aliphatic rings. The highest BCUT2D eigenvalue weighted by molar-refractivity contribution is 6.01. The van der Waals surface area contributed by atoms with Gasteiger partial charge in [-0.1, -0.05) is 47.7 Å². The number of nitrogens with two attached hydrogens (primary N) is 1. The number of para-hydroxylation sites is 1. The van der Waals surface area contributed by atoms with E-state index in [1.165, 1.54) is 5.56 Å². The monoisotopic (exact) mass is 502 g/mol. The van der Waals surface area contributed by atoms with Crippen LogP contribution in [-0.4, -0.2) is 21.9 Å². The summed E-state index contributed by atoms with van der Waals surface area (Å²) in [5.74, 6) is 8.21. The fourth-order valence-electron chi connectivity index (χ4n) is 4.53. The van der Waals surface area contributed by atoms with E-state index in [9.17, 15) is 0 Å². The molecule has 0 amide bonds. The summed E-state index contributed by atoms with van der Waals surface area (Å²) < 4.78 is 5.91. The van der Waals surface area contributed by atoms with Crippen molar-refractivity contribution in [2.24, 2.45) is 21.2 Å². The van der Waals surface area contributed by atoms with E-state index in [1.54, 1.807) is 6.20 Å². The zero-order valence-electron chi connectivity index (χ0n) is 20.5. The average molecular weight is 503 g/mol. The number of nitrogens with zero attached hydrogens (tertiary/aromatic N) is 5. The molecular formula is C29H26N8O. The van der Waals surface area contributed by atoms with Crippen molar-refractivity contribution in [3.8, 4) is 11.5 Å². The highest BCUT2D eigenvalue weighted by Crippen LogP contribution is 2.26. The lowest BCUT2D eigenvalue weighted by molar-refractivity contribution is 0.280. The molecule has 0 saturated heterocycles. The molecule has 1 aromatic heterocycles. The van der Waals surface area contributed by atoms with Crippen molar-refractivity contribution in [3.63, 3.8) is 0 Å². The Morgan fingerprint density at radius 2 is 1.79 bits per heavy atom. The zero-order chi connectivity index (χ0) is 25.7. The maximum absolute atomic E-state index is 5.91. The van der Waals surface area contributed by atoms with Crippen LogP contribution >= 0.6 is 0 Å². The second-order valence-corrected chi connectivity index (χ2v) is 8.96. The Balaban J connectivity index is 1.10. The molecule has 4 aromatic rings. The van der Waals surface area contributed by atoms with Crippen molar-refractivity contribution in [2.45, 2.75) is 19.1 Å². The van der Waals surface area contributed by atoms with E-state index >= 15 is 0 Å². The number of hydrazine groups is 1. The fourth-order valence-corrected chi connectivity index (χ4v) is 4.53. The quantitative estimate of drug-likeness (QED) is 0.180. The highest BCUT2D eigenvalue weighted by Gasteiger charge is 2.27. The fraction of sp³-hybridized carbons (Fsp3) is 0.103. The summed E-state index contributed by atoms with van der Waals surface area (Å²) in [5.41, 5.74) is 6.92. The van der Waals surface area contributed by atoms with E-state index < -0.39 is 0 Å². The van der Waals surface area contributed by atoms with Gasteiger partial charge in [-0.3, -0.25) is 0 Å². The number of pyridine rings is 1. The van der Waals surface area contributed by atoms with Gasteiger partial charge in [0.1, 0.15) is 17.3 Å². The van der Waals surface area contributed by atoms with Gasteiger partial charge < -0.3 is 20.9 Å². The molecule has 188 valence electrons. The van der Waals surface area contributed by atoms with Crippen LogP contribution in [0, 0.1) is 0 Å². The first-order chi connectivity index (χ1) is 18.7. The van der Waals surface area contributed by atoms with Crippen LogP contribution in [0.4, 0.5) is 5.82 Å². The minimum absolute atomic E-state index is 0.0718.